The summed E-state index contributed by atoms with van der Waals surface area (Å²) in [5.74, 6) is -0.402. The van der Waals surface area contributed by atoms with Crippen molar-refractivity contribution in [2.45, 2.75) is 26.4 Å². The Morgan fingerprint density at radius 2 is 1.66 bits per heavy atom. The Kier molecular flexibility index (Phi) is 10.1. The maximum Gasteiger partial charge on any atom is 0.336 e. The summed E-state index contributed by atoms with van der Waals surface area (Å²) < 4.78 is 48.1. The van der Waals surface area contributed by atoms with Crippen LogP contribution in [-0.4, -0.2) is 49.8 Å². The predicted octanol–water partition coefficient (Wildman–Crippen LogP) is 7.02. The van der Waals surface area contributed by atoms with E-state index in [1.54, 1.807) is 54.6 Å². The van der Waals surface area contributed by atoms with Gasteiger partial charge in [-0.05, 0) is 54.5 Å². The number of carboxylic acid groups (broad SMARTS) is 2. The highest BCUT2D eigenvalue weighted by atomic mass is 19.1. The lowest BCUT2D eigenvalue weighted by molar-refractivity contribution is -0.132. The van der Waals surface area contributed by atoms with Gasteiger partial charge < -0.3 is 38.6 Å². The molecule has 0 aliphatic carbocycles. The molecule has 5 rings (SSSR count). The van der Waals surface area contributed by atoms with Gasteiger partial charge in [0, 0.05) is 46.4 Å². The normalized spacial score (nSPS) is 12.0. The second kappa shape index (κ2) is 14.6. The number of halogens is 1. The number of carboxylic acids is 2. The van der Waals surface area contributed by atoms with E-state index >= 15 is 0 Å². The summed E-state index contributed by atoms with van der Waals surface area (Å²) in [6, 6.07) is 17.3. The van der Waals surface area contributed by atoms with Gasteiger partial charge in [0.15, 0.2) is 11.5 Å². The zero-order valence-electron chi connectivity index (χ0n) is 26.0. The Balaban J connectivity index is 1.61. The van der Waals surface area contributed by atoms with E-state index in [4.69, 9.17) is 28.4 Å². The first kappa shape index (κ1) is 32.7. The number of fused-ring (bicyclic) bond motifs is 1. The predicted molar refractivity (Wildman–Crippen MR) is 170 cm³/mol. The van der Waals surface area contributed by atoms with Gasteiger partial charge in [0.25, 0.3) is 0 Å². The van der Waals surface area contributed by atoms with E-state index in [0.717, 1.165) is 18.6 Å². The first-order chi connectivity index (χ1) is 22.7. The summed E-state index contributed by atoms with van der Waals surface area (Å²) in [6.07, 6.45) is 2.29. The maximum absolute atomic E-state index is 13.8. The van der Waals surface area contributed by atoms with E-state index in [-0.39, 0.29) is 36.5 Å². The van der Waals surface area contributed by atoms with Crippen molar-refractivity contribution < 1.29 is 52.6 Å². The van der Waals surface area contributed by atoms with Gasteiger partial charge in [0.1, 0.15) is 35.4 Å². The van der Waals surface area contributed by atoms with Crippen LogP contribution in [0, 0.1) is 5.82 Å². The molecular weight excluding hydrogens is 611 g/mol. The van der Waals surface area contributed by atoms with Gasteiger partial charge in [-0.15, -0.1) is 0 Å². The monoisotopic (exact) mass is 644 g/mol. The largest absolute Gasteiger partial charge is 0.497 e. The summed E-state index contributed by atoms with van der Waals surface area (Å²) in [5.41, 5.74) is 2.29. The molecule has 0 saturated carbocycles. The van der Waals surface area contributed by atoms with Crippen molar-refractivity contribution in [2.75, 3.05) is 27.6 Å². The van der Waals surface area contributed by atoms with Crippen molar-refractivity contribution >= 4 is 18.0 Å². The first-order valence-electron chi connectivity index (χ1n) is 14.7. The first-order valence-corrected chi connectivity index (χ1v) is 14.7. The summed E-state index contributed by atoms with van der Waals surface area (Å²) >= 11 is 0. The van der Waals surface area contributed by atoms with Crippen LogP contribution in [0.3, 0.4) is 0 Å². The van der Waals surface area contributed by atoms with Crippen LogP contribution >= 0.6 is 0 Å². The Bertz CT molecular complexity index is 1830. The highest BCUT2D eigenvalue weighted by Crippen LogP contribution is 2.43. The number of ether oxygens (including phenoxy) is 6. The van der Waals surface area contributed by atoms with E-state index in [1.165, 1.54) is 20.3 Å². The molecule has 1 aliphatic heterocycles. The summed E-state index contributed by atoms with van der Waals surface area (Å²) in [5, 5.41) is 20.0. The molecule has 0 spiro atoms. The number of rotatable bonds is 14. The lowest BCUT2D eigenvalue weighted by Crippen LogP contribution is -2.07. The molecule has 0 atom stereocenters. The van der Waals surface area contributed by atoms with E-state index in [0.29, 0.717) is 63.4 Å². The van der Waals surface area contributed by atoms with Crippen LogP contribution in [0.5, 0.6) is 34.5 Å². The van der Waals surface area contributed by atoms with Crippen LogP contribution in [0.15, 0.2) is 72.3 Å². The third-order valence-electron chi connectivity index (χ3n) is 7.42. The van der Waals surface area contributed by atoms with Crippen molar-refractivity contribution in [3.05, 3.63) is 100 Å². The Morgan fingerprint density at radius 3 is 2.36 bits per heavy atom. The number of hydrogen-bond acceptors (Lipinski definition) is 8. The molecule has 4 aromatic rings. The van der Waals surface area contributed by atoms with Gasteiger partial charge in [-0.2, -0.15) is 0 Å². The number of hydrogen-bond donors (Lipinski definition) is 2. The molecule has 0 radical (unpaired) electrons. The van der Waals surface area contributed by atoms with Gasteiger partial charge in [0.2, 0.25) is 6.79 Å². The fourth-order valence-electron chi connectivity index (χ4n) is 5.15. The minimum absolute atomic E-state index is 0.00311. The zero-order chi connectivity index (χ0) is 33.5. The topological polar surface area (TPSA) is 130 Å². The summed E-state index contributed by atoms with van der Waals surface area (Å²) in [7, 11) is 2.99. The molecule has 47 heavy (non-hydrogen) atoms. The molecule has 0 fully saturated rings. The summed E-state index contributed by atoms with van der Waals surface area (Å²) in [6.45, 7) is 2.22. The standard InChI is InChI=1S/C36H33FO10/c1-4-12-44-29-7-5-6-21(13-24(35(38)39)14-23-15-32-33(47-20-46-32)18-30(23)43-3)34(29)27-11-10-26(42-2)17-31(27)45-19-22-8-9-25(37)16-28(22)36(40)41/h5-11,13,15-18H,4,12,14,19-20H2,1-3H3,(H,38,39)(H,40,41). The molecule has 0 aromatic heterocycles. The van der Waals surface area contributed by atoms with Crippen molar-refractivity contribution in [3.8, 4) is 45.6 Å². The van der Waals surface area contributed by atoms with Crippen LogP contribution in [0.2, 0.25) is 0 Å². The highest BCUT2D eigenvalue weighted by Gasteiger charge is 2.23. The van der Waals surface area contributed by atoms with Gasteiger partial charge in [-0.25, -0.2) is 14.0 Å². The van der Waals surface area contributed by atoms with Gasteiger partial charge >= 0.3 is 11.9 Å². The van der Waals surface area contributed by atoms with Crippen molar-refractivity contribution in [3.63, 3.8) is 0 Å². The lowest BCUT2D eigenvalue weighted by Gasteiger charge is -2.19. The Hall–Kier alpha value is -5.71. The molecule has 10 nitrogen and oxygen atoms in total. The third kappa shape index (κ3) is 7.41. The SMILES string of the molecule is CCCOc1cccc(C=C(Cc2cc3c(cc2OC)OCO3)C(=O)O)c1-c1ccc(OC)cc1OCc1ccc(F)cc1C(=O)O. The number of benzene rings is 4. The van der Waals surface area contributed by atoms with Crippen LogP contribution in [-0.2, 0) is 17.8 Å². The van der Waals surface area contributed by atoms with Gasteiger partial charge in [-0.1, -0.05) is 25.1 Å². The maximum atomic E-state index is 13.8. The number of aliphatic carboxylic acids is 1. The Morgan fingerprint density at radius 1 is 0.872 bits per heavy atom. The molecule has 2 N–H and O–H groups in total. The molecule has 11 heteroatoms. The van der Waals surface area contributed by atoms with Gasteiger partial charge in [-0.3, -0.25) is 0 Å². The smallest absolute Gasteiger partial charge is 0.336 e. The Labute approximate surface area is 270 Å². The van der Waals surface area contributed by atoms with E-state index < -0.39 is 17.8 Å². The van der Waals surface area contributed by atoms with Crippen molar-refractivity contribution in [1.29, 1.82) is 0 Å². The summed E-state index contributed by atoms with van der Waals surface area (Å²) in [4.78, 5) is 24.5. The molecular formula is C36H33FO10. The molecule has 0 saturated heterocycles. The van der Waals surface area contributed by atoms with Crippen molar-refractivity contribution in [1.82, 2.24) is 0 Å². The number of aromatic carboxylic acids is 1. The van der Waals surface area contributed by atoms with Crippen LogP contribution in [0.25, 0.3) is 17.2 Å². The second-order valence-corrected chi connectivity index (χ2v) is 10.5. The molecule has 244 valence electrons. The third-order valence-corrected chi connectivity index (χ3v) is 7.42. The average Bonchev–Trinajstić information content (AvgIpc) is 3.53. The van der Waals surface area contributed by atoms with Crippen LogP contribution in [0.1, 0.15) is 40.4 Å². The minimum atomic E-state index is -1.29. The highest BCUT2D eigenvalue weighted by molar-refractivity contribution is 5.96. The quantitative estimate of drug-likeness (QED) is 0.138. The van der Waals surface area contributed by atoms with E-state index in [2.05, 4.69) is 0 Å². The number of carbonyl (C=O) groups is 2. The van der Waals surface area contributed by atoms with Crippen LogP contribution in [0.4, 0.5) is 4.39 Å². The molecule has 0 amide bonds. The van der Waals surface area contributed by atoms with Crippen molar-refractivity contribution in [2.24, 2.45) is 0 Å². The lowest BCUT2D eigenvalue weighted by atomic mass is 9.94. The average molecular weight is 645 g/mol. The minimum Gasteiger partial charge on any atom is -0.497 e. The van der Waals surface area contributed by atoms with Crippen LogP contribution < -0.4 is 28.4 Å². The molecule has 4 aromatic carbocycles. The number of methoxy groups -OCH3 is 2. The van der Waals surface area contributed by atoms with Gasteiger partial charge in [0.05, 0.1) is 26.4 Å². The van der Waals surface area contributed by atoms with E-state index in [9.17, 15) is 24.2 Å². The molecule has 0 unspecified atom stereocenters. The molecule has 1 aliphatic rings. The fourth-order valence-corrected chi connectivity index (χ4v) is 5.15. The second-order valence-electron chi connectivity index (χ2n) is 10.5. The molecule has 1 heterocycles. The zero-order valence-corrected chi connectivity index (χ0v) is 26.0. The van der Waals surface area contributed by atoms with E-state index in [1.807, 2.05) is 6.92 Å². The fraction of sp³-hybridized carbons (Fsp3) is 0.222. The molecule has 0 bridgehead atoms.